The molecule has 6 heteroatoms. The number of esters is 1. The molecular weight excluding hydrogens is 228 g/mol. The van der Waals surface area contributed by atoms with Crippen LogP contribution >= 0.6 is 0 Å². The first-order valence-corrected chi connectivity index (χ1v) is 5.06. The quantitative estimate of drug-likeness (QED) is 0.306. The van der Waals surface area contributed by atoms with Crippen LogP contribution in [0.3, 0.4) is 0 Å². The van der Waals surface area contributed by atoms with Crippen LogP contribution in [-0.2, 0) is 9.62 Å². The number of carbonyl (C=O) groups excluding carboxylic acids is 1. The van der Waals surface area contributed by atoms with Gasteiger partial charge in [0.1, 0.15) is 13.2 Å². The maximum Gasteiger partial charge on any atom is 0.338 e. The van der Waals surface area contributed by atoms with Gasteiger partial charge >= 0.3 is 5.97 Å². The van der Waals surface area contributed by atoms with Crippen LogP contribution in [0, 0.1) is 0 Å². The number of benzene rings is 1. The minimum absolute atomic E-state index is 0.0409. The molecular formula is C11H14O6. The Hall–Kier alpha value is -1.63. The molecule has 94 valence electrons. The van der Waals surface area contributed by atoms with Gasteiger partial charge in [0, 0.05) is 0 Å². The smallest absolute Gasteiger partial charge is 0.338 e. The lowest BCUT2D eigenvalue weighted by atomic mass is 10.2. The van der Waals surface area contributed by atoms with Crippen molar-refractivity contribution < 1.29 is 29.5 Å². The molecule has 0 heterocycles. The van der Waals surface area contributed by atoms with Crippen molar-refractivity contribution >= 4 is 5.97 Å². The van der Waals surface area contributed by atoms with Gasteiger partial charge in [-0.25, -0.2) is 4.79 Å². The lowest BCUT2D eigenvalue weighted by molar-refractivity contribution is -0.212. The maximum absolute atomic E-state index is 11.4. The molecule has 0 fully saturated rings. The average molecular weight is 242 g/mol. The number of carbonyl (C=O) groups is 1. The summed E-state index contributed by atoms with van der Waals surface area (Å²) >= 11 is 0. The normalized spacial score (nSPS) is 10.0. The van der Waals surface area contributed by atoms with Crippen molar-refractivity contribution in [1.82, 2.24) is 0 Å². The van der Waals surface area contributed by atoms with E-state index in [9.17, 15) is 4.79 Å². The molecule has 2 N–H and O–H groups in total. The molecule has 0 aliphatic rings. The second-order valence-electron chi connectivity index (χ2n) is 3.02. The van der Waals surface area contributed by atoms with Gasteiger partial charge in [-0.3, -0.25) is 0 Å². The number of aliphatic hydroxyl groups is 2. The van der Waals surface area contributed by atoms with Crippen LogP contribution in [-0.4, -0.2) is 42.6 Å². The summed E-state index contributed by atoms with van der Waals surface area (Å²) in [7, 11) is 0. The minimum Gasteiger partial charge on any atom is -0.460 e. The van der Waals surface area contributed by atoms with Gasteiger partial charge in [-0.05, 0) is 18.2 Å². The van der Waals surface area contributed by atoms with E-state index in [2.05, 4.69) is 4.89 Å². The molecule has 0 aliphatic heterocycles. The fourth-order valence-electron chi connectivity index (χ4n) is 1.04. The van der Waals surface area contributed by atoms with Gasteiger partial charge in [-0.2, -0.15) is 4.89 Å². The zero-order valence-corrected chi connectivity index (χ0v) is 9.17. The zero-order valence-electron chi connectivity index (χ0n) is 9.17. The Morgan fingerprint density at radius 2 is 1.94 bits per heavy atom. The fraction of sp³-hybridized carbons (Fsp3) is 0.364. The van der Waals surface area contributed by atoms with Crippen molar-refractivity contribution in [3.63, 3.8) is 0 Å². The van der Waals surface area contributed by atoms with E-state index in [1.165, 1.54) is 6.07 Å². The standard InChI is InChI=1S/C11H14O6/c12-4-6-15-11(14)9-2-1-3-10(8-9)17-16-7-5-13/h1-3,8,12-13H,4-7H2. The van der Waals surface area contributed by atoms with E-state index in [0.717, 1.165) is 0 Å². The number of aliphatic hydroxyl groups excluding tert-OH is 2. The zero-order chi connectivity index (χ0) is 12.5. The van der Waals surface area contributed by atoms with Gasteiger partial charge in [-0.15, -0.1) is 0 Å². The number of hydrogen-bond donors (Lipinski definition) is 2. The van der Waals surface area contributed by atoms with E-state index >= 15 is 0 Å². The molecule has 0 spiro atoms. The topological polar surface area (TPSA) is 85.2 Å². The Morgan fingerprint density at radius 3 is 2.65 bits per heavy atom. The SMILES string of the molecule is O=C(OCCO)c1cccc(OOCCO)c1. The van der Waals surface area contributed by atoms with Gasteiger partial charge in [-0.1, -0.05) is 6.07 Å². The molecule has 0 saturated carbocycles. The minimum atomic E-state index is -0.549. The average Bonchev–Trinajstić information content (AvgIpc) is 2.36. The van der Waals surface area contributed by atoms with Gasteiger partial charge in [0.15, 0.2) is 5.75 Å². The second-order valence-corrected chi connectivity index (χ2v) is 3.02. The molecule has 1 aromatic carbocycles. The molecule has 0 unspecified atom stereocenters. The largest absolute Gasteiger partial charge is 0.460 e. The van der Waals surface area contributed by atoms with E-state index < -0.39 is 5.97 Å². The Bertz CT molecular complexity index is 352. The summed E-state index contributed by atoms with van der Waals surface area (Å²) in [5, 5.41) is 17.0. The monoisotopic (exact) mass is 242 g/mol. The molecule has 0 amide bonds. The van der Waals surface area contributed by atoms with Crippen molar-refractivity contribution in [3.05, 3.63) is 29.8 Å². The van der Waals surface area contributed by atoms with Crippen LogP contribution in [0.15, 0.2) is 24.3 Å². The number of ether oxygens (including phenoxy) is 1. The highest BCUT2D eigenvalue weighted by molar-refractivity contribution is 5.89. The van der Waals surface area contributed by atoms with Crippen LogP contribution in [0.2, 0.25) is 0 Å². The molecule has 0 aromatic heterocycles. The Kier molecular flexibility index (Phi) is 6.02. The summed E-state index contributed by atoms with van der Waals surface area (Å²) < 4.78 is 4.73. The number of rotatable bonds is 7. The summed E-state index contributed by atoms with van der Waals surface area (Å²) in [5.74, 6) is -0.219. The van der Waals surface area contributed by atoms with E-state index in [4.69, 9.17) is 19.8 Å². The van der Waals surface area contributed by atoms with Gasteiger partial charge in [0.25, 0.3) is 0 Å². The highest BCUT2D eigenvalue weighted by atomic mass is 17.2. The van der Waals surface area contributed by atoms with E-state index in [1.54, 1.807) is 18.2 Å². The molecule has 0 saturated heterocycles. The van der Waals surface area contributed by atoms with Crippen LogP contribution in [0.1, 0.15) is 10.4 Å². The molecule has 1 aromatic rings. The Labute approximate surface area is 98.3 Å². The predicted molar refractivity (Wildman–Crippen MR) is 57.5 cm³/mol. The third kappa shape index (κ3) is 4.81. The summed E-state index contributed by atoms with van der Waals surface area (Å²) in [6, 6.07) is 6.20. The summed E-state index contributed by atoms with van der Waals surface area (Å²) in [4.78, 5) is 20.9. The highest BCUT2D eigenvalue weighted by Gasteiger charge is 2.08. The molecule has 0 radical (unpaired) electrons. The maximum atomic E-state index is 11.4. The molecule has 1 rings (SSSR count). The molecule has 0 atom stereocenters. The third-order valence-corrected chi connectivity index (χ3v) is 1.72. The summed E-state index contributed by atoms with van der Waals surface area (Å²) in [6.07, 6.45) is 0. The first-order valence-electron chi connectivity index (χ1n) is 5.06. The highest BCUT2D eigenvalue weighted by Crippen LogP contribution is 2.14. The molecule has 0 bridgehead atoms. The van der Waals surface area contributed by atoms with Crippen molar-refractivity contribution in [1.29, 1.82) is 0 Å². The first kappa shape index (κ1) is 13.4. The molecule has 6 nitrogen and oxygen atoms in total. The van der Waals surface area contributed by atoms with Crippen molar-refractivity contribution in [2.75, 3.05) is 26.4 Å². The van der Waals surface area contributed by atoms with Crippen molar-refractivity contribution in [3.8, 4) is 5.75 Å². The van der Waals surface area contributed by atoms with Crippen molar-refractivity contribution in [2.24, 2.45) is 0 Å². The van der Waals surface area contributed by atoms with Crippen LogP contribution < -0.4 is 4.89 Å². The number of hydrogen-bond acceptors (Lipinski definition) is 6. The van der Waals surface area contributed by atoms with E-state index in [0.29, 0.717) is 11.3 Å². The Balaban J connectivity index is 2.55. The van der Waals surface area contributed by atoms with Gasteiger partial charge < -0.3 is 19.8 Å². The summed E-state index contributed by atoms with van der Waals surface area (Å²) in [6.45, 7) is -0.385. The van der Waals surface area contributed by atoms with E-state index in [1.807, 2.05) is 0 Å². The van der Waals surface area contributed by atoms with Crippen LogP contribution in [0.5, 0.6) is 5.75 Å². The van der Waals surface area contributed by atoms with Crippen LogP contribution in [0.25, 0.3) is 0 Å². The lowest BCUT2D eigenvalue weighted by Crippen LogP contribution is -2.09. The second kappa shape index (κ2) is 7.61. The first-order chi connectivity index (χ1) is 8.27. The van der Waals surface area contributed by atoms with Gasteiger partial charge in [0.05, 0.1) is 18.8 Å². The predicted octanol–water partition coefficient (Wildman–Crippen LogP) is 0.138. The lowest BCUT2D eigenvalue weighted by Gasteiger charge is -2.06. The van der Waals surface area contributed by atoms with Gasteiger partial charge in [0.2, 0.25) is 0 Å². The summed E-state index contributed by atoms with van der Waals surface area (Å²) in [5.41, 5.74) is 0.295. The van der Waals surface area contributed by atoms with Crippen molar-refractivity contribution in [2.45, 2.75) is 0 Å². The molecule has 17 heavy (non-hydrogen) atoms. The van der Waals surface area contributed by atoms with E-state index in [-0.39, 0.29) is 26.4 Å². The molecule has 0 aliphatic carbocycles. The Morgan fingerprint density at radius 1 is 1.18 bits per heavy atom. The third-order valence-electron chi connectivity index (χ3n) is 1.72. The van der Waals surface area contributed by atoms with Crippen LogP contribution in [0.4, 0.5) is 0 Å². The fourth-order valence-corrected chi connectivity index (χ4v) is 1.04.